The molecule has 0 fully saturated rings. The summed E-state index contributed by atoms with van der Waals surface area (Å²) in [6.07, 6.45) is 25.3. The normalized spacial score (nSPS) is 15.4. The Bertz CT molecular complexity index is 365. The fourth-order valence-corrected chi connectivity index (χ4v) is 3.54. The topological polar surface area (TPSA) is 44.6 Å². The van der Waals surface area contributed by atoms with Gasteiger partial charge in [0.1, 0.15) is 11.9 Å². The number of unbranched alkanes of at least 4 members (excludes halogenated alkanes) is 13. The third-order valence-electron chi connectivity index (χ3n) is 5.26. The van der Waals surface area contributed by atoms with Crippen molar-refractivity contribution in [2.75, 3.05) is 13.1 Å². The minimum absolute atomic E-state index is 0.361. The lowest BCUT2D eigenvalue weighted by molar-refractivity contribution is 0.223. The van der Waals surface area contributed by atoms with Crippen LogP contribution in [0.2, 0.25) is 0 Å². The zero-order chi connectivity index (χ0) is 18.7. The number of aliphatic hydroxyl groups excluding tert-OH is 1. The molecule has 3 heteroatoms. The smallest absolute Gasteiger partial charge is 0.126 e. The van der Waals surface area contributed by atoms with Crippen molar-refractivity contribution in [3.63, 3.8) is 0 Å². The van der Waals surface area contributed by atoms with Gasteiger partial charge in [0, 0.05) is 6.54 Å². The first-order chi connectivity index (χ1) is 12.8. The molecule has 0 spiro atoms. The van der Waals surface area contributed by atoms with Crippen LogP contribution in [0.15, 0.2) is 17.1 Å². The number of aliphatic hydroxyl groups is 1. The molecule has 0 aromatic carbocycles. The van der Waals surface area contributed by atoms with E-state index in [2.05, 4.69) is 29.4 Å². The first-order valence-corrected chi connectivity index (χ1v) is 11.5. The van der Waals surface area contributed by atoms with Gasteiger partial charge in [-0.1, -0.05) is 89.7 Å². The Morgan fingerprint density at radius 2 is 1.38 bits per heavy atom. The van der Waals surface area contributed by atoms with Crippen molar-refractivity contribution in [2.45, 2.75) is 116 Å². The van der Waals surface area contributed by atoms with Crippen LogP contribution >= 0.6 is 0 Å². The summed E-state index contributed by atoms with van der Waals surface area (Å²) in [5.41, 5.74) is 0. The van der Waals surface area contributed by atoms with Crippen LogP contribution in [0.1, 0.15) is 110 Å². The number of allylic oxidation sites excluding steroid dienone is 2. The summed E-state index contributed by atoms with van der Waals surface area (Å²) < 4.78 is 0. The van der Waals surface area contributed by atoms with Crippen molar-refractivity contribution >= 4 is 5.84 Å². The first-order valence-electron chi connectivity index (χ1n) is 11.5. The summed E-state index contributed by atoms with van der Waals surface area (Å²) in [4.78, 5) is 4.28. The minimum Gasteiger partial charge on any atom is -0.385 e. The molecular formula is C23H44N2O. The SMILES string of the molecule is CCCCCCCCC=CCCCCCCCCCC(O)C1=NCCN1. The van der Waals surface area contributed by atoms with Crippen molar-refractivity contribution in [3.8, 4) is 0 Å². The number of rotatable bonds is 18. The summed E-state index contributed by atoms with van der Waals surface area (Å²) >= 11 is 0. The molecule has 1 aliphatic rings. The Labute approximate surface area is 162 Å². The maximum atomic E-state index is 9.97. The van der Waals surface area contributed by atoms with Gasteiger partial charge in [0.05, 0.1) is 6.54 Å². The Balaban J connectivity index is 1.74. The van der Waals surface area contributed by atoms with Gasteiger partial charge in [-0.2, -0.15) is 0 Å². The highest BCUT2D eigenvalue weighted by molar-refractivity contribution is 5.87. The van der Waals surface area contributed by atoms with Gasteiger partial charge in [0.25, 0.3) is 0 Å². The van der Waals surface area contributed by atoms with Gasteiger partial charge in [-0.3, -0.25) is 4.99 Å². The van der Waals surface area contributed by atoms with Gasteiger partial charge >= 0.3 is 0 Å². The molecule has 152 valence electrons. The van der Waals surface area contributed by atoms with Gasteiger partial charge in [0.15, 0.2) is 0 Å². The molecule has 1 rings (SSSR count). The lowest BCUT2D eigenvalue weighted by atomic mass is 10.0. The monoisotopic (exact) mass is 364 g/mol. The number of hydrogen-bond donors (Lipinski definition) is 2. The fraction of sp³-hybridized carbons (Fsp3) is 0.870. The molecule has 3 nitrogen and oxygen atoms in total. The Morgan fingerprint density at radius 3 is 1.92 bits per heavy atom. The van der Waals surface area contributed by atoms with E-state index in [9.17, 15) is 5.11 Å². The van der Waals surface area contributed by atoms with Crippen molar-refractivity contribution in [1.29, 1.82) is 0 Å². The fourth-order valence-electron chi connectivity index (χ4n) is 3.54. The molecule has 0 saturated carbocycles. The maximum Gasteiger partial charge on any atom is 0.126 e. The van der Waals surface area contributed by atoms with Crippen molar-refractivity contribution < 1.29 is 5.11 Å². The number of nitrogens with zero attached hydrogens (tertiary/aromatic N) is 1. The molecule has 0 saturated heterocycles. The van der Waals surface area contributed by atoms with E-state index in [4.69, 9.17) is 0 Å². The number of aliphatic imine (C=N–C) groups is 1. The molecule has 0 radical (unpaired) electrons. The second kappa shape index (κ2) is 17.6. The average molecular weight is 365 g/mol. The molecule has 1 aliphatic heterocycles. The van der Waals surface area contributed by atoms with E-state index in [1.165, 1.54) is 89.9 Å². The van der Waals surface area contributed by atoms with Crippen LogP contribution in [0.4, 0.5) is 0 Å². The van der Waals surface area contributed by atoms with Crippen molar-refractivity contribution in [1.82, 2.24) is 5.32 Å². The number of nitrogens with one attached hydrogen (secondary N) is 1. The minimum atomic E-state index is -0.361. The quantitative estimate of drug-likeness (QED) is 0.226. The summed E-state index contributed by atoms with van der Waals surface area (Å²) in [5, 5.41) is 13.1. The molecule has 1 atom stereocenters. The molecule has 0 bridgehead atoms. The predicted molar refractivity (Wildman–Crippen MR) is 115 cm³/mol. The Morgan fingerprint density at radius 1 is 0.846 bits per heavy atom. The summed E-state index contributed by atoms with van der Waals surface area (Å²) in [5.74, 6) is 0.814. The van der Waals surface area contributed by atoms with Crippen LogP contribution < -0.4 is 5.32 Å². The second-order valence-corrected chi connectivity index (χ2v) is 7.79. The summed E-state index contributed by atoms with van der Waals surface area (Å²) in [6, 6.07) is 0. The van der Waals surface area contributed by atoms with E-state index < -0.39 is 0 Å². The molecule has 0 aromatic heterocycles. The van der Waals surface area contributed by atoms with Gasteiger partial charge in [-0.05, 0) is 32.1 Å². The van der Waals surface area contributed by atoms with Gasteiger partial charge in [0.2, 0.25) is 0 Å². The van der Waals surface area contributed by atoms with E-state index >= 15 is 0 Å². The third-order valence-corrected chi connectivity index (χ3v) is 5.26. The Hall–Kier alpha value is -0.830. The molecular weight excluding hydrogens is 320 g/mol. The molecule has 0 amide bonds. The number of amidine groups is 1. The van der Waals surface area contributed by atoms with E-state index in [0.717, 1.165) is 31.8 Å². The first kappa shape index (κ1) is 23.2. The zero-order valence-electron chi connectivity index (χ0n) is 17.4. The zero-order valence-corrected chi connectivity index (χ0v) is 17.4. The van der Waals surface area contributed by atoms with Crippen LogP contribution in [-0.4, -0.2) is 30.1 Å². The third kappa shape index (κ3) is 13.4. The van der Waals surface area contributed by atoms with Gasteiger partial charge in [-0.15, -0.1) is 0 Å². The van der Waals surface area contributed by atoms with Gasteiger partial charge < -0.3 is 10.4 Å². The summed E-state index contributed by atoms with van der Waals surface area (Å²) in [6.45, 7) is 3.99. The maximum absolute atomic E-state index is 9.97. The highest BCUT2D eigenvalue weighted by Crippen LogP contribution is 2.12. The van der Waals surface area contributed by atoms with Crippen molar-refractivity contribution in [3.05, 3.63) is 12.2 Å². The van der Waals surface area contributed by atoms with E-state index in [1.54, 1.807) is 0 Å². The molecule has 0 aliphatic carbocycles. The lowest BCUT2D eigenvalue weighted by Gasteiger charge is -2.10. The molecule has 1 unspecified atom stereocenters. The Kier molecular flexibility index (Phi) is 15.7. The molecule has 0 aromatic rings. The van der Waals surface area contributed by atoms with E-state index in [-0.39, 0.29) is 6.10 Å². The standard InChI is InChI=1S/C23H44N2O/c1-2-3-4-5-6-7-8-9-10-11-12-13-14-15-16-17-18-19-22(26)23-24-20-21-25-23/h9-10,22,26H,2-8,11-21H2,1H3,(H,24,25). The highest BCUT2D eigenvalue weighted by Gasteiger charge is 2.14. The van der Waals surface area contributed by atoms with Crippen molar-refractivity contribution in [2.24, 2.45) is 4.99 Å². The lowest BCUT2D eigenvalue weighted by Crippen LogP contribution is -2.31. The highest BCUT2D eigenvalue weighted by atomic mass is 16.3. The van der Waals surface area contributed by atoms with E-state index in [0.29, 0.717) is 0 Å². The molecule has 26 heavy (non-hydrogen) atoms. The van der Waals surface area contributed by atoms with Crippen LogP contribution in [0.5, 0.6) is 0 Å². The number of hydrogen-bond acceptors (Lipinski definition) is 3. The average Bonchev–Trinajstić information content (AvgIpc) is 3.19. The molecule has 2 N–H and O–H groups in total. The van der Waals surface area contributed by atoms with E-state index in [1.807, 2.05) is 0 Å². The summed E-state index contributed by atoms with van der Waals surface area (Å²) in [7, 11) is 0. The van der Waals surface area contributed by atoms with Crippen LogP contribution in [0.25, 0.3) is 0 Å². The predicted octanol–water partition coefficient (Wildman–Crippen LogP) is 6.17. The van der Waals surface area contributed by atoms with Crippen LogP contribution in [-0.2, 0) is 0 Å². The van der Waals surface area contributed by atoms with Crippen LogP contribution in [0.3, 0.4) is 0 Å². The van der Waals surface area contributed by atoms with Gasteiger partial charge in [-0.25, -0.2) is 0 Å². The van der Waals surface area contributed by atoms with Crippen LogP contribution in [0, 0.1) is 0 Å². The molecule has 1 heterocycles. The second-order valence-electron chi connectivity index (χ2n) is 7.79. The largest absolute Gasteiger partial charge is 0.385 e.